The van der Waals surface area contributed by atoms with Gasteiger partial charge in [-0.15, -0.1) is 11.3 Å². The minimum atomic E-state index is -0.768. The van der Waals surface area contributed by atoms with Crippen molar-refractivity contribution in [1.82, 2.24) is 4.98 Å². The van der Waals surface area contributed by atoms with Crippen molar-refractivity contribution in [1.29, 1.82) is 0 Å². The average Bonchev–Trinajstić information content (AvgIpc) is 3.04. The zero-order valence-corrected chi connectivity index (χ0v) is 13.7. The number of thiazole rings is 1. The maximum Gasteiger partial charge on any atom is 0.266 e. The van der Waals surface area contributed by atoms with Crippen LogP contribution in [0.3, 0.4) is 0 Å². The van der Waals surface area contributed by atoms with E-state index in [9.17, 15) is 9.18 Å². The van der Waals surface area contributed by atoms with E-state index in [0.29, 0.717) is 10.9 Å². The summed E-state index contributed by atoms with van der Waals surface area (Å²) in [6.07, 6.45) is -0.768. The van der Waals surface area contributed by atoms with Gasteiger partial charge < -0.3 is 4.74 Å². The van der Waals surface area contributed by atoms with Crippen LogP contribution < -0.4 is 10.1 Å². The number of nitrogens with one attached hydrogen (secondary N) is 1. The van der Waals surface area contributed by atoms with Crippen molar-refractivity contribution in [2.45, 2.75) is 13.0 Å². The first kappa shape index (κ1) is 16.1. The summed E-state index contributed by atoms with van der Waals surface area (Å²) in [7, 11) is 0. The quantitative estimate of drug-likeness (QED) is 0.750. The highest BCUT2D eigenvalue weighted by Crippen LogP contribution is 2.24. The first-order valence-electron chi connectivity index (χ1n) is 7.36. The van der Waals surface area contributed by atoms with Crippen LogP contribution in [0.5, 0.6) is 5.75 Å². The Bertz CT molecular complexity index is 836. The number of halogens is 1. The van der Waals surface area contributed by atoms with Crippen LogP contribution in [0.2, 0.25) is 0 Å². The highest BCUT2D eigenvalue weighted by Gasteiger charge is 2.17. The van der Waals surface area contributed by atoms with Gasteiger partial charge in [-0.3, -0.25) is 10.1 Å². The number of ether oxygens (including phenoxy) is 1. The van der Waals surface area contributed by atoms with Gasteiger partial charge in [-0.05, 0) is 19.1 Å². The molecule has 0 spiro atoms. The first-order valence-corrected chi connectivity index (χ1v) is 8.24. The molecule has 4 nitrogen and oxygen atoms in total. The fraction of sp³-hybridized carbons (Fsp3) is 0.111. The Kier molecular flexibility index (Phi) is 4.86. The van der Waals surface area contributed by atoms with Crippen LogP contribution >= 0.6 is 11.3 Å². The molecule has 1 unspecified atom stereocenters. The standard InChI is InChI=1S/C18H15FN2O2S/c1-12(23-15-9-5-8-14(19)10-15)17(22)21-18-20-16(11-24-18)13-6-3-2-4-7-13/h2-12H,1H3,(H,20,21,22). The van der Waals surface area contributed by atoms with Crippen LogP contribution in [0.15, 0.2) is 60.0 Å². The predicted octanol–water partition coefficient (Wildman–Crippen LogP) is 4.36. The van der Waals surface area contributed by atoms with E-state index >= 15 is 0 Å². The van der Waals surface area contributed by atoms with Gasteiger partial charge in [0.1, 0.15) is 11.6 Å². The van der Waals surface area contributed by atoms with Crippen LogP contribution in [-0.4, -0.2) is 17.0 Å². The lowest BCUT2D eigenvalue weighted by atomic mass is 10.2. The number of carbonyl (C=O) groups is 1. The molecule has 1 heterocycles. The Morgan fingerprint density at radius 1 is 1.21 bits per heavy atom. The molecule has 1 atom stereocenters. The number of aromatic nitrogens is 1. The molecular formula is C18H15FN2O2S. The molecular weight excluding hydrogens is 327 g/mol. The number of rotatable bonds is 5. The van der Waals surface area contributed by atoms with E-state index < -0.39 is 11.9 Å². The summed E-state index contributed by atoms with van der Waals surface area (Å²) in [6.45, 7) is 1.60. The van der Waals surface area contributed by atoms with Crippen molar-refractivity contribution in [3.63, 3.8) is 0 Å². The third kappa shape index (κ3) is 3.97. The number of nitrogens with zero attached hydrogens (tertiary/aromatic N) is 1. The van der Waals surface area contributed by atoms with E-state index in [4.69, 9.17) is 4.74 Å². The summed E-state index contributed by atoms with van der Waals surface area (Å²) >= 11 is 1.34. The van der Waals surface area contributed by atoms with Gasteiger partial charge in [0.25, 0.3) is 5.91 Å². The van der Waals surface area contributed by atoms with Gasteiger partial charge in [0.15, 0.2) is 11.2 Å². The van der Waals surface area contributed by atoms with Crippen molar-refractivity contribution < 1.29 is 13.9 Å². The number of anilines is 1. The normalized spacial score (nSPS) is 11.8. The predicted molar refractivity (Wildman–Crippen MR) is 92.7 cm³/mol. The van der Waals surface area contributed by atoms with E-state index in [2.05, 4.69) is 10.3 Å². The van der Waals surface area contributed by atoms with E-state index in [1.807, 2.05) is 35.7 Å². The van der Waals surface area contributed by atoms with Crippen LogP contribution in [0.25, 0.3) is 11.3 Å². The van der Waals surface area contributed by atoms with E-state index in [1.165, 1.54) is 29.5 Å². The molecule has 0 bridgehead atoms. The van der Waals surface area contributed by atoms with E-state index in [1.54, 1.807) is 13.0 Å². The topological polar surface area (TPSA) is 51.2 Å². The molecule has 2 aromatic carbocycles. The van der Waals surface area contributed by atoms with Gasteiger partial charge in [0.2, 0.25) is 0 Å². The Morgan fingerprint density at radius 2 is 2.00 bits per heavy atom. The second-order valence-corrected chi connectivity index (χ2v) is 5.97. The zero-order chi connectivity index (χ0) is 16.9. The number of benzene rings is 2. The maximum atomic E-state index is 13.1. The highest BCUT2D eigenvalue weighted by atomic mass is 32.1. The van der Waals surface area contributed by atoms with Crippen molar-refractivity contribution in [2.75, 3.05) is 5.32 Å². The third-order valence-electron chi connectivity index (χ3n) is 3.28. The lowest BCUT2D eigenvalue weighted by Crippen LogP contribution is -2.30. The molecule has 6 heteroatoms. The molecule has 1 N–H and O–H groups in total. The third-order valence-corrected chi connectivity index (χ3v) is 4.04. The molecule has 3 aromatic rings. The number of amides is 1. The summed E-state index contributed by atoms with van der Waals surface area (Å²) < 4.78 is 18.6. The van der Waals surface area contributed by atoms with Crippen molar-refractivity contribution >= 4 is 22.4 Å². The van der Waals surface area contributed by atoms with Crippen LogP contribution in [0.4, 0.5) is 9.52 Å². The van der Waals surface area contributed by atoms with Crippen LogP contribution in [0.1, 0.15) is 6.92 Å². The molecule has 3 rings (SSSR count). The van der Waals surface area contributed by atoms with Gasteiger partial charge in [-0.25, -0.2) is 9.37 Å². The molecule has 0 saturated heterocycles. The van der Waals surface area contributed by atoms with E-state index in [0.717, 1.165) is 11.3 Å². The second-order valence-electron chi connectivity index (χ2n) is 5.11. The van der Waals surface area contributed by atoms with E-state index in [-0.39, 0.29) is 5.91 Å². The molecule has 0 aliphatic carbocycles. The lowest BCUT2D eigenvalue weighted by Gasteiger charge is -2.13. The van der Waals surface area contributed by atoms with Crippen molar-refractivity contribution in [2.24, 2.45) is 0 Å². The molecule has 0 saturated carbocycles. The largest absolute Gasteiger partial charge is 0.481 e. The van der Waals surface area contributed by atoms with Gasteiger partial charge in [-0.1, -0.05) is 36.4 Å². The molecule has 1 amide bonds. The minimum Gasteiger partial charge on any atom is -0.481 e. The van der Waals surface area contributed by atoms with Gasteiger partial charge >= 0.3 is 0 Å². The summed E-state index contributed by atoms with van der Waals surface area (Å²) in [5.74, 6) is -0.442. The molecule has 0 aliphatic rings. The molecule has 1 aromatic heterocycles. The zero-order valence-electron chi connectivity index (χ0n) is 12.9. The maximum absolute atomic E-state index is 13.1. The summed E-state index contributed by atoms with van der Waals surface area (Å²) in [4.78, 5) is 16.6. The second kappa shape index (κ2) is 7.23. The summed E-state index contributed by atoms with van der Waals surface area (Å²) in [5.41, 5.74) is 1.79. The summed E-state index contributed by atoms with van der Waals surface area (Å²) in [6, 6.07) is 15.4. The lowest BCUT2D eigenvalue weighted by molar-refractivity contribution is -0.122. The van der Waals surface area contributed by atoms with Crippen LogP contribution in [-0.2, 0) is 4.79 Å². The Morgan fingerprint density at radius 3 is 2.75 bits per heavy atom. The van der Waals surface area contributed by atoms with Crippen molar-refractivity contribution in [3.8, 4) is 17.0 Å². The van der Waals surface area contributed by atoms with Crippen LogP contribution in [0, 0.1) is 5.82 Å². The van der Waals surface area contributed by atoms with Gasteiger partial charge in [0, 0.05) is 17.0 Å². The van der Waals surface area contributed by atoms with Gasteiger partial charge in [0.05, 0.1) is 5.69 Å². The number of carbonyl (C=O) groups excluding carboxylic acids is 1. The fourth-order valence-corrected chi connectivity index (χ4v) is 2.80. The highest BCUT2D eigenvalue weighted by molar-refractivity contribution is 7.14. The first-order chi connectivity index (χ1) is 11.6. The minimum absolute atomic E-state index is 0.307. The Labute approximate surface area is 142 Å². The molecule has 122 valence electrons. The summed E-state index contributed by atoms with van der Waals surface area (Å²) in [5, 5.41) is 5.09. The Balaban J connectivity index is 1.63. The molecule has 0 fully saturated rings. The average molecular weight is 342 g/mol. The van der Waals surface area contributed by atoms with Crippen molar-refractivity contribution in [3.05, 3.63) is 65.8 Å². The smallest absolute Gasteiger partial charge is 0.266 e. The number of hydrogen-bond acceptors (Lipinski definition) is 4. The molecule has 0 radical (unpaired) electrons. The monoisotopic (exact) mass is 342 g/mol. The Hall–Kier alpha value is -2.73. The molecule has 24 heavy (non-hydrogen) atoms. The SMILES string of the molecule is CC(Oc1cccc(F)c1)C(=O)Nc1nc(-c2ccccc2)cs1. The molecule has 0 aliphatic heterocycles. The fourth-order valence-electron chi connectivity index (χ4n) is 2.08. The van der Waals surface area contributed by atoms with Gasteiger partial charge in [-0.2, -0.15) is 0 Å². The number of hydrogen-bond donors (Lipinski definition) is 1.